The highest BCUT2D eigenvalue weighted by Crippen LogP contribution is 2.22. The molecule has 1 N–H and O–H groups in total. The van der Waals surface area contributed by atoms with E-state index in [9.17, 15) is 23.6 Å². The number of pyridine rings is 1. The Bertz CT molecular complexity index is 1590. The van der Waals surface area contributed by atoms with Crippen molar-refractivity contribution in [3.05, 3.63) is 71.1 Å². The molecular weight excluding hydrogens is 629 g/mol. The Balaban J connectivity index is 1.36. The molecule has 11 nitrogen and oxygen atoms in total. The number of likely N-dealkylation sites (N-methyl/N-ethyl adjacent to an activating group) is 1. The number of hydrogen-bond acceptors (Lipinski definition) is 7. The van der Waals surface area contributed by atoms with E-state index in [1.165, 1.54) is 17.0 Å². The highest BCUT2D eigenvalue weighted by Gasteiger charge is 2.29. The minimum absolute atomic E-state index is 0.0285. The third-order valence-corrected chi connectivity index (χ3v) is 8.25. The number of aromatic nitrogens is 1. The Morgan fingerprint density at radius 2 is 1.68 bits per heavy atom. The predicted octanol–water partition coefficient (Wildman–Crippen LogP) is 5.90. The second-order valence-electron chi connectivity index (χ2n) is 12.4. The SMILES string of the molecule is CN(C(=O)CCc1cccc(F)c1Cl)[C@@H](CCC(=O)N1CCN(C(=O)OC(C)(C)C)CC1)COC(=O)Nc1cc2ccccc2cn1. The Morgan fingerprint density at radius 3 is 2.38 bits per heavy atom. The Hall–Kier alpha value is -4.45. The zero-order valence-electron chi connectivity index (χ0n) is 27.1. The van der Waals surface area contributed by atoms with Crippen LogP contribution in [0, 0.1) is 5.82 Å². The monoisotopic (exact) mass is 669 g/mol. The van der Waals surface area contributed by atoms with Crippen LogP contribution in [0.2, 0.25) is 5.02 Å². The fourth-order valence-corrected chi connectivity index (χ4v) is 5.35. The smallest absolute Gasteiger partial charge is 0.412 e. The lowest BCUT2D eigenvalue weighted by Gasteiger charge is -2.36. The molecule has 252 valence electrons. The molecule has 0 spiro atoms. The van der Waals surface area contributed by atoms with E-state index < -0.39 is 29.6 Å². The number of amides is 4. The summed E-state index contributed by atoms with van der Waals surface area (Å²) in [6.45, 7) is 6.61. The molecule has 3 aromatic rings. The van der Waals surface area contributed by atoms with Crippen LogP contribution < -0.4 is 5.32 Å². The number of carbonyl (C=O) groups is 4. The van der Waals surface area contributed by atoms with Crippen molar-refractivity contribution >= 4 is 52.2 Å². The van der Waals surface area contributed by atoms with Crippen molar-refractivity contribution in [1.82, 2.24) is 19.7 Å². The molecular formula is C34H41ClFN5O6. The van der Waals surface area contributed by atoms with Crippen molar-refractivity contribution in [3.63, 3.8) is 0 Å². The molecule has 13 heteroatoms. The van der Waals surface area contributed by atoms with Gasteiger partial charge in [0.1, 0.15) is 23.8 Å². The average Bonchev–Trinajstić information content (AvgIpc) is 3.04. The fourth-order valence-electron chi connectivity index (χ4n) is 5.13. The van der Waals surface area contributed by atoms with Crippen molar-refractivity contribution in [2.24, 2.45) is 0 Å². The zero-order valence-corrected chi connectivity index (χ0v) is 27.9. The number of hydrogen-bond donors (Lipinski definition) is 1. The number of fused-ring (bicyclic) bond motifs is 1. The molecule has 2 heterocycles. The van der Waals surface area contributed by atoms with Crippen LogP contribution in [0.25, 0.3) is 10.8 Å². The Kier molecular flexibility index (Phi) is 12.0. The van der Waals surface area contributed by atoms with Crippen LogP contribution in [0.5, 0.6) is 0 Å². The molecule has 2 aromatic carbocycles. The van der Waals surface area contributed by atoms with Crippen molar-refractivity contribution in [2.75, 3.05) is 45.2 Å². The fraction of sp³-hybridized carbons (Fsp3) is 0.441. The van der Waals surface area contributed by atoms with Crippen molar-refractivity contribution in [2.45, 2.75) is 58.1 Å². The molecule has 47 heavy (non-hydrogen) atoms. The number of nitrogens with one attached hydrogen (secondary N) is 1. The van der Waals surface area contributed by atoms with Crippen LogP contribution in [-0.4, -0.2) is 95.2 Å². The number of rotatable bonds is 10. The molecule has 0 aliphatic carbocycles. The van der Waals surface area contributed by atoms with E-state index >= 15 is 0 Å². The number of carbonyl (C=O) groups excluding carboxylic acids is 4. The number of anilines is 1. The standard InChI is InChI=1S/C34H41ClFN5O6/c1-34(2,3)47-33(45)41-18-16-40(17-19-41)30(43)15-13-26(39(4)29(42)14-12-23-10-7-11-27(36)31(23)35)22-46-32(44)38-28-20-24-8-5-6-9-25(24)21-37-28/h5-11,20-21,26H,12-19,22H2,1-4H3,(H,37,38,44)/t26-/m0/s1. The zero-order chi connectivity index (χ0) is 34.1. The van der Waals surface area contributed by atoms with E-state index in [-0.39, 0.29) is 49.1 Å². The molecule has 1 aliphatic heterocycles. The minimum atomic E-state index is -0.755. The number of piperazine rings is 1. The largest absolute Gasteiger partial charge is 0.447 e. The topological polar surface area (TPSA) is 121 Å². The molecule has 0 saturated carbocycles. The summed E-state index contributed by atoms with van der Waals surface area (Å²) in [5.74, 6) is -0.680. The second kappa shape index (κ2) is 15.9. The summed E-state index contributed by atoms with van der Waals surface area (Å²) in [4.78, 5) is 60.5. The van der Waals surface area contributed by atoms with Gasteiger partial charge in [-0.2, -0.15) is 0 Å². The molecule has 4 rings (SSSR count). The molecule has 1 aromatic heterocycles. The lowest BCUT2D eigenvalue weighted by atomic mass is 10.1. The summed E-state index contributed by atoms with van der Waals surface area (Å²) < 4.78 is 24.9. The normalized spacial score (nSPS) is 14.0. The van der Waals surface area contributed by atoms with E-state index in [1.54, 1.807) is 55.9 Å². The van der Waals surface area contributed by atoms with Gasteiger partial charge < -0.3 is 24.2 Å². The van der Waals surface area contributed by atoms with Crippen molar-refractivity contribution < 1.29 is 33.0 Å². The molecule has 1 fully saturated rings. The van der Waals surface area contributed by atoms with E-state index in [4.69, 9.17) is 21.1 Å². The molecule has 1 aliphatic rings. The second-order valence-corrected chi connectivity index (χ2v) is 12.8. The summed E-state index contributed by atoms with van der Waals surface area (Å²) in [7, 11) is 1.58. The van der Waals surface area contributed by atoms with Gasteiger partial charge in [0, 0.05) is 57.7 Å². The van der Waals surface area contributed by atoms with Gasteiger partial charge >= 0.3 is 12.2 Å². The van der Waals surface area contributed by atoms with Crippen LogP contribution in [-0.2, 0) is 25.5 Å². The van der Waals surface area contributed by atoms with Gasteiger partial charge in [0.15, 0.2) is 0 Å². The average molecular weight is 670 g/mol. The molecule has 4 amide bonds. The maximum atomic E-state index is 13.9. The lowest BCUT2D eigenvalue weighted by Crippen LogP contribution is -2.51. The first-order chi connectivity index (χ1) is 22.3. The summed E-state index contributed by atoms with van der Waals surface area (Å²) >= 11 is 6.07. The van der Waals surface area contributed by atoms with E-state index in [2.05, 4.69) is 10.3 Å². The van der Waals surface area contributed by atoms with Crippen molar-refractivity contribution in [3.8, 4) is 0 Å². The van der Waals surface area contributed by atoms with Gasteiger partial charge in [0.05, 0.1) is 11.1 Å². The van der Waals surface area contributed by atoms with E-state index in [0.717, 1.165) is 10.8 Å². The predicted molar refractivity (Wildman–Crippen MR) is 177 cm³/mol. The number of halogens is 2. The highest BCUT2D eigenvalue weighted by atomic mass is 35.5. The molecule has 0 bridgehead atoms. The highest BCUT2D eigenvalue weighted by molar-refractivity contribution is 6.31. The van der Waals surface area contributed by atoms with Gasteiger partial charge in [-0.05, 0) is 56.7 Å². The van der Waals surface area contributed by atoms with Gasteiger partial charge in [-0.25, -0.2) is 19.0 Å². The van der Waals surface area contributed by atoms with Crippen LogP contribution in [0.4, 0.5) is 19.8 Å². The molecule has 1 saturated heterocycles. The first-order valence-electron chi connectivity index (χ1n) is 15.5. The van der Waals surface area contributed by atoms with Crippen LogP contribution in [0.3, 0.4) is 0 Å². The maximum absolute atomic E-state index is 13.9. The van der Waals surface area contributed by atoms with Crippen LogP contribution >= 0.6 is 11.6 Å². The van der Waals surface area contributed by atoms with E-state index in [0.29, 0.717) is 37.6 Å². The number of ether oxygens (including phenoxy) is 2. The summed E-state index contributed by atoms with van der Waals surface area (Å²) in [6, 6.07) is 13.1. The van der Waals surface area contributed by atoms with Gasteiger partial charge in [-0.1, -0.05) is 48.0 Å². The number of nitrogens with zero attached hydrogens (tertiary/aromatic N) is 4. The van der Waals surface area contributed by atoms with E-state index in [1.807, 2.05) is 24.3 Å². The van der Waals surface area contributed by atoms with Gasteiger partial charge in [-0.15, -0.1) is 0 Å². The van der Waals surface area contributed by atoms with Crippen LogP contribution in [0.15, 0.2) is 54.7 Å². The third kappa shape index (κ3) is 10.3. The first-order valence-corrected chi connectivity index (χ1v) is 15.9. The van der Waals surface area contributed by atoms with Crippen molar-refractivity contribution in [1.29, 1.82) is 0 Å². The van der Waals surface area contributed by atoms with Gasteiger partial charge in [-0.3, -0.25) is 14.9 Å². The van der Waals surface area contributed by atoms with Crippen LogP contribution in [0.1, 0.15) is 45.6 Å². The summed E-state index contributed by atoms with van der Waals surface area (Å²) in [5, 5.41) is 4.40. The molecule has 0 radical (unpaired) electrons. The van der Waals surface area contributed by atoms with Gasteiger partial charge in [0.2, 0.25) is 11.8 Å². The molecule has 0 unspecified atom stereocenters. The van der Waals surface area contributed by atoms with Gasteiger partial charge in [0.25, 0.3) is 0 Å². The lowest BCUT2D eigenvalue weighted by molar-refractivity contribution is -0.136. The number of aryl methyl sites for hydroxylation is 1. The Labute approximate surface area is 278 Å². The summed E-state index contributed by atoms with van der Waals surface area (Å²) in [6.07, 6.45) is 1.02. The minimum Gasteiger partial charge on any atom is -0.447 e. The maximum Gasteiger partial charge on any atom is 0.412 e. The Morgan fingerprint density at radius 1 is 1.00 bits per heavy atom. The number of benzene rings is 2. The first kappa shape index (κ1) is 35.4. The molecule has 1 atom stereocenters. The third-order valence-electron chi connectivity index (χ3n) is 7.82. The summed E-state index contributed by atoms with van der Waals surface area (Å²) in [5.41, 5.74) is -0.110. The quantitative estimate of drug-likeness (QED) is 0.286.